The summed E-state index contributed by atoms with van der Waals surface area (Å²) in [7, 11) is -2.02. The van der Waals surface area contributed by atoms with Crippen molar-refractivity contribution in [1.82, 2.24) is 5.32 Å². The van der Waals surface area contributed by atoms with Crippen molar-refractivity contribution in [2.45, 2.75) is 100.0 Å². The molecule has 0 saturated heterocycles. The first-order chi connectivity index (χ1) is 10.7. The van der Waals surface area contributed by atoms with E-state index in [1.54, 1.807) is 7.11 Å². The fourth-order valence-corrected chi connectivity index (χ4v) is 9.45. The minimum absolute atomic E-state index is 0. The van der Waals surface area contributed by atoms with Gasteiger partial charge in [0.05, 0.1) is 6.61 Å². The summed E-state index contributed by atoms with van der Waals surface area (Å²) in [6.07, 6.45) is 6.50. The van der Waals surface area contributed by atoms with E-state index in [1.807, 2.05) is 0 Å². The molecule has 0 unspecified atom stereocenters. The number of carbonyl (C=O) groups excluding carboxylic acids is 1. The van der Waals surface area contributed by atoms with Crippen LogP contribution < -0.4 is 5.32 Å². The number of hydrogen-bond acceptors (Lipinski definition) is 4. The van der Waals surface area contributed by atoms with Crippen molar-refractivity contribution in [2.75, 3.05) is 20.3 Å². The number of carbonyl (C=O) groups is 1. The summed E-state index contributed by atoms with van der Waals surface area (Å²) < 4.78 is 16.9. The molecule has 1 N–H and O–H groups in total. The van der Waals surface area contributed by atoms with Gasteiger partial charge in [-0.15, -0.1) is 0 Å². The molecule has 0 rings (SSSR count). The zero-order chi connectivity index (χ0) is 17.8. The fraction of sp³-hybridized carbons (Fsp3) is 0.947. The van der Waals surface area contributed by atoms with Crippen LogP contribution in [0.3, 0.4) is 0 Å². The molecular formula is C19H49NO4Si2. The van der Waals surface area contributed by atoms with E-state index >= 15 is 0 Å². The van der Waals surface area contributed by atoms with Crippen molar-refractivity contribution in [3.05, 3.63) is 0 Å². The number of hydrogen-bond donors (Lipinski definition) is 1. The van der Waals surface area contributed by atoms with E-state index in [9.17, 15) is 4.79 Å². The Hall–Kier alpha value is -0.376. The first kappa shape index (κ1) is 33.2. The van der Waals surface area contributed by atoms with E-state index in [0.29, 0.717) is 13.2 Å². The highest BCUT2D eigenvalue weighted by Gasteiger charge is 2.33. The lowest BCUT2D eigenvalue weighted by molar-refractivity contribution is 0.145. The molecule has 5 nitrogen and oxygen atoms in total. The van der Waals surface area contributed by atoms with Crippen molar-refractivity contribution in [1.29, 1.82) is 0 Å². The molecule has 0 aliphatic carbocycles. The molecular weight excluding hydrogens is 362 g/mol. The summed E-state index contributed by atoms with van der Waals surface area (Å²) in [4.78, 5) is 11.6. The summed E-state index contributed by atoms with van der Waals surface area (Å²) in [5.41, 5.74) is 0. The standard InChI is InChI=1S/C16H37NO4Si2.3CH4/c1-7-8-9-10-11-13-17-16(18)20-14-12-15-22(3,4)21-23(5,6)19-2;;;/h7-15H2,1-6H3,(H,17,18);3*1H4. The largest absolute Gasteiger partial charge is 0.450 e. The molecule has 0 aliphatic heterocycles. The van der Waals surface area contributed by atoms with Gasteiger partial charge in [0.15, 0.2) is 8.32 Å². The normalized spacial score (nSPS) is 10.8. The molecule has 0 spiro atoms. The fourth-order valence-electron chi connectivity index (χ4n) is 2.39. The summed E-state index contributed by atoms with van der Waals surface area (Å²) in [5.74, 6) is 0. The van der Waals surface area contributed by atoms with Crippen LogP contribution in [0.15, 0.2) is 0 Å². The Morgan fingerprint density at radius 1 is 0.923 bits per heavy atom. The molecule has 0 atom stereocenters. The van der Waals surface area contributed by atoms with Gasteiger partial charge < -0.3 is 18.6 Å². The van der Waals surface area contributed by atoms with Crippen LogP contribution in [0.25, 0.3) is 0 Å². The molecule has 0 bridgehead atoms. The van der Waals surface area contributed by atoms with Gasteiger partial charge in [0.2, 0.25) is 0 Å². The molecule has 1 amide bonds. The maximum absolute atomic E-state index is 11.6. The van der Waals surface area contributed by atoms with Gasteiger partial charge in [0, 0.05) is 13.7 Å². The highest BCUT2D eigenvalue weighted by Crippen LogP contribution is 2.20. The van der Waals surface area contributed by atoms with Crippen molar-refractivity contribution in [2.24, 2.45) is 0 Å². The average molecular weight is 412 g/mol. The van der Waals surface area contributed by atoms with Gasteiger partial charge >= 0.3 is 14.7 Å². The van der Waals surface area contributed by atoms with E-state index in [4.69, 9.17) is 13.3 Å². The van der Waals surface area contributed by atoms with Gasteiger partial charge in [-0.05, 0) is 45.1 Å². The molecule has 0 saturated carbocycles. The lowest BCUT2D eigenvalue weighted by Crippen LogP contribution is -2.45. The summed E-state index contributed by atoms with van der Waals surface area (Å²) >= 11 is 0. The van der Waals surface area contributed by atoms with Crippen LogP contribution in [0.5, 0.6) is 0 Å². The minimum Gasteiger partial charge on any atom is -0.450 e. The maximum Gasteiger partial charge on any atom is 0.407 e. The van der Waals surface area contributed by atoms with Crippen molar-refractivity contribution >= 4 is 23.0 Å². The van der Waals surface area contributed by atoms with Crippen LogP contribution in [0.4, 0.5) is 4.79 Å². The summed E-state index contributed by atoms with van der Waals surface area (Å²) in [5, 5.41) is 2.81. The zero-order valence-electron chi connectivity index (χ0n) is 16.0. The molecule has 0 aliphatic rings. The molecule has 0 aromatic carbocycles. The lowest BCUT2D eigenvalue weighted by atomic mass is 10.1. The van der Waals surface area contributed by atoms with Gasteiger partial charge in [-0.1, -0.05) is 54.9 Å². The Morgan fingerprint density at radius 3 is 2.04 bits per heavy atom. The van der Waals surface area contributed by atoms with Crippen LogP contribution in [0, 0.1) is 0 Å². The molecule has 0 radical (unpaired) electrons. The van der Waals surface area contributed by atoms with Crippen molar-refractivity contribution < 1.29 is 18.1 Å². The molecule has 0 aromatic heterocycles. The Balaban J connectivity index is -0.000000807. The summed E-state index contributed by atoms with van der Waals surface area (Å²) in [6, 6.07) is 0.969. The van der Waals surface area contributed by atoms with Gasteiger partial charge in [-0.3, -0.25) is 0 Å². The highest BCUT2D eigenvalue weighted by molar-refractivity contribution is 6.82. The minimum atomic E-state index is -1.98. The Bertz CT molecular complexity index is 327. The van der Waals surface area contributed by atoms with Gasteiger partial charge in [0.25, 0.3) is 0 Å². The van der Waals surface area contributed by atoms with Crippen LogP contribution in [-0.2, 0) is 13.3 Å². The predicted octanol–water partition coefficient (Wildman–Crippen LogP) is 6.55. The Morgan fingerprint density at radius 2 is 1.50 bits per heavy atom. The van der Waals surface area contributed by atoms with Gasteiger partial charge in [-0.2, -0.15) is 0 Å². The maximum atomic E-state index is 11.6. The molecule has 0 fully saturated rings. The third-order valence-corrected chi connectivity index (χ3v) is 10.4. The third kappa shape index (κ3) is 19.9. The smallest absolute Gasteiger partial charge is 0.407 e. The van der Waals surface area contributed by atoms with Crippen LogP contribution >= 0.6 is 0 Å². The number of nitrogens with one attached hydrogen (secondary N) is 1. The second-order valence-electron chi connectivity index (χ2n) is 7.05. The van der Waals surface area contributed by atoms with Gasteiger partial charge in [-0.25, -0.2) is 4.79 Å². The number of ether oxygens (including phenoxy) is 1. The van der Waals surface area contributed by atoms with Crippen molar-refractivity contribution in [3.8, 4) is 0 Å². The SMILES string of the molecule is C.C.C.CCCCCCCNC(=O)OCCC[Si](C)(C)O[Si](C)(C)OC. The molecule has 7 heteroatoms. The third-order valence-electron chi connectivity index (χ3n) is 3.72. The summed E-state index contributed by atoms with van der Waals surface area (Å²) in [6.45, 7) is 11.9. The number of unbranched alkanes of at least 4 members (excludes halogenated alkanes) is 4. The van der Waals surface area contributed by atoms with E-state index < -0.39 is 16.9 Å². The number of rotatable bonds is 13. The van der Waals surface area contributed by atoms with Crippen LogP contribution in [-0.4, -0.2) is 43.2 Å². The lowest BCUT2D eigenvalue weighted by Gasteiger charge is -2.32. The second-order valence-corrected chi connectivity index (χ2v) is 15.1. The Kier molecular flexibility index (Phi) is 23.0. The quantitative estimate of drug-likeness (QED) is 0.276. The average Bonchev–Trinajstić information content (AvgIpc) is 2.46. The first-order valence-corrected chi connectivity index (χ1v) is 14.8. The van der Waals surface area contributed by atoms with E-state index in [1.165, 1.54) is 25.7 Å². The number of amides is 1. The van der Waals surface area contributed by atoms with Crippen LogP contribution in [0.2, 0.25) is 32.2 Å². The molecule has 0 heterocycles. The van der Waals surface area contributed by atoms with E-state index in [2.05, 4.69) is 38.4 Å². The molecule has 162 valence electrons. The van der Waals surface area contributed by atoms with Crippen molar-refractivity contribution in [3.63, 3.8) is 0 Å². The topological polar surface area (TPSA) is 56.8 Å². The van der Waals surface area contributed by atoms with Gasteiger partial charge in [0.1, 0.15) is 0 Å². The van der Waals surface area contributed by atoms with Crippen LogP contribution in [0.1, 0.15) is 67.7 Å². The molecule has 26 heavy (non-hydrogen) atoms. The monoisotopic (exact) mass is 411 g/mol. The first-order valence-electron chi connectivity index (χ1n) is 8.88. The zero-order valence-corrected chi connectivity index (χ0v) is 18.0. The van der Waals surface area contributed by atoms with E-state index in [0.717, 1.165) is 18.9 Å². The molecule has 0 aromatic rings. The predicted molar refractivity (Wildman–Crippen MR) is 121 cm³/mol. The highest BCUT2D eigenvalue weighted by atomic mass is 28.4. The number of alkyl carbamates (subject to hydrolysis) is 1. The second kappa shape index (κ2) is 18.0. The van der Waals surface area contributed by atoms with E-state index in [-0.39, 0.29) is 28.4 Å². The Labute approximate surface area is 167 Å².